The summed E-state index contributed by atoms with van der Waals surface area (Å²) in [6.07, 6.45) is -3.42. The average Bonchev–Trinajstić information content (AvgIpc) is 3.18. The van der Waals surface area contributed by atoms with Crippen molar-refractivity contribution >= 4 is 44.7 Å². The summed E-state index contributed by atoms with van der Waals surface area (Å²) < 4.78 is 64.5. The molecule has 0 radical (unpaired) electrons. The number of aromatic nitrogens is 1. The number of rotatable bonds is 4. The molecule has 0 aromatic carbocycles. The Kier molecular flexibility index (Phi) is 5.99. The average molecular weight is 454 g/mol. The topological polar surface area (TPSA) is 79.4 Å². The second kappa shape index (κ2) is 7.97. The lowest BCUT2D eigenvalue weighted by molar-refractivity contribution is -0.137. The molecule has 0 aliphatic carbocycles. The minimum absolute atomic E-state index is 0.159. The molecule has 0 atom stereocenters. The van der Waals surface area contributed by atoms with Crippen LogP contribution in [0.5, 0.6) is 0 Å². The zero-order chi connectivity index (χ0) is 20.5. The Labute approximate surface area is 168 Å². The lowest BCUT2D eigenvalue weighted by Gasteiger charge is -2.30. The van der Waals surface area contributed by atoms with Crippen molar-refractivity contribution in [1.29, 1.82) is 0 Å². The first-order chi connectivity index (χ1) is 13.1. The Hall–Kier alpha value is -1.69. The van der Waals surface area contributed by atoms with Crippen molar-refractivity contribution in [2.24, 2.45) is 5.92 Å². The zero-order valence-electron chi connectivity index (χ0n) is 14.2. The fraction of sp³-hybridized carbons (Fsp3) is 0.375. The van der Waals surface area contributed by atoms with Crippen molar-refractivity contribution in [3.63, 3.8) is 0 Å². The number of alkyl halides is 3. The molecule has 12 heteroatoms. The molecule has 1 saturated heterocycles. The number of sulfonamides is 1. The van der Waals surface area contributed by atoms with Crippen LogP contribution in [0.2, 0.25) is 5.02 Å². The van der Waals surface area contributed by atoms with Crippen LogP contribution in [0.4, 0.5) is 19.0 Å². The number of nitrogens with one attached hydrogen (secondary N) is 1. The van der Waals surface area contributed by atoms with Crippen LogP contribution in [0, 0.1) is 5.92 Å². The summed E-state index contributed by atoms with van der Waals surface area (Å²) in [6, 6.07) is 3.87. The Bertz CT molecular complexity index is 957. The monoisotopic (exact) mass is 453 g/mol. The van der Waals surface area contributed by atoms with E-state index >= 15 is 0 Å². The third-order valence-corrected chi connectivity index (χ3v) is 7.88. The van der Waals surface area contributed by atoms with Crippen LogP contribution in [0.15, 0.2) is 34.0 Å². The van der Waals surface area contributed by atoms with Crippen LogP contribution in [-0.4, -0.2) is 36.7 Å². The number of amides is 1. The summed E-state index contributed by atoms with van der Waals surface area (Å²) in [7, 11) is -3.57. The number of pyridine rings is 1. The number of nitrogens with zero attached hydrogens (tertiary/aromatic N) is 2. The minimum Gasteiger partial charge on any atom is -0.309 e. The van der Waals surface area contributed by atoms with E-state index in [0.29, 0.717) is 12.3 Å². The molecular weight excluding hydrogens is 439 g/mol. The van der Waals surface area contributed by atoms with Gasteiger partial charge in [0.05, 0.1) is 10.6 Å². The molecule has 152 valence electrons. The predicted octanol–water partition coefficient (Wildman–Crippen LogP) is 3.85. The Morgan fingerprint density at radius 3 is 2.54 bits per heavy atom. The quantitative estimate of drug-likeness (QED) is 0.762. The van der Waals surface area contributed by atoms with Gasteiger partial charge in [-0.1, -0.05) is 17.7 Å². The van der Waals surface area contributed by atoms with Crippen molar-refractivity contribution in [1.82, 2.24) is 9.29 Å². The van der Waals surface area contributed by atoms with Gasteiger partial charge in [-0.25, -0.2) is 13.4 Å². The Balaban J connectivity index is 1.62. The van der Waals surface area contributed by atoms with E-state index < -0.39 is 33.6 Å². The standard InChI is InChI=1S/C16H15ClF3N3O3S2/c17-12-8-11(16(18,19)20)9-21-14(12)22-15(24)10-3-5-23(6-4-10)28(25,26)13-2-1-7-27-13/h1-2,7-10H,3-6H2,(H,21,22,24). The third kappa shape index (κ3) is 4.48. The van der Waals surface area contributed by atoms with Crippen molar-refractivity contribution in [2.75, 3.05) is 18.4 Å². The second-order valence-corrected chi connectivity index (χ2v) is 9.67. The predicted molar refractivity (Wildman–Crippen MR) is 98.7 cm³/mol. The molecule has 0 saturated carbocycles. The highest BCUT2D eigenvalue weighted by Crippen LogP contribution is 2.33. The van der Waals surface area contributed by atoms with E-state index in [4.69, 9.17) is 11.6 Å². The van der Waals surface area contributed by atoms with Gasteiger partial charge in [0.2, 0.25) is 5.91 Å². The molecule has 0 spiro atoms. The van der Waals surface area contributed by atoms with E-state index in [1.807, 2.05) is 0 Å². The zero-order valence-corrected chi connectivity index (χ0v) is 16.6. The van der Waals surface area contributed by atoms with E-state index in [9.17, 15) is 26.4 Å². The SMILES string of the molecule is O=C(Nc1ncc(C(F)(F)F)cc1Cl)C1CCN(S(=O)(=O)c2cccs2)CC1. The van der Waals surface area contributed by atoms with Gasteiger partial charge < -0.3 is 5.32 Å². The maximum Gasteiger partial charge on any atom is 0.417 e. The Morgan fingerprint density at radius 1 is 1.32 bits per heavy atom. The first-order valence-electron chi connectivity index (χ1n) is 8.16. The van der Waals surface area contributed by atoms with E-state index in [2.05, 4.69) is 10.3 Å². The number of carbonyl (C=O) groups excluding carboxylic acids is 1. The van der Waals surface area contributed by atoms with Crippen molar-refractivity contribution in [3.8, 4) is 0 Å². The van der Waals surface area contributed by atoms with Gasteiger partial charge in [-0.2, -0.15) is 17.5 Å². The van der Waals surface area contributed by atoms with E-state index in [1.165, 1.54) is 10.4 Å². The summed E-state index contributed by atoms with van der Waals surface area (Å²) in [5, 5.41) is 3.78. The molecule has 0 bridgehead atoms. The lowest BCUT2D eigenvalue weighted by Crippen LogP contribution is -2.41. The molecule has 3 heterocycles. The minimum atomic E-state index is -4.58. The van der Waals surface area contributed by atoms with Crippen LogP contribution in [0.1, 0.15) is 18.4 Å². The number of halogens is 4. The van der Waals surface area contributed by atoms with Crippen LogP contribution in [0.25, 0.3) is 0 Å². The van der Waals surface area contributed by atoms with Gasteiger partial charge in [0, 0.05) is 25.2 Å². The van der Waals surface area contributed by atoms with Crippen molar-refractivity contribution < 1.29 is 26.4 Å². The van der Waals surface area contributed by atoms with E-state index in [0.717, 1.165) is 11.3 Å². The number of anilines is 1. The summed E-state index contributed by atoms with van der Waals surface area (Å²) >= 11 is 6.92. The van der Waals surface area contributed by atoms with Crippen LogP contribution < -0.4 is 5.32 Å². The first kappa shape index (κ1) is 21.0. The molecule has 3 rings (SSSR count). The summed E-state index contributed by atoms with van der Waals surface area (Å²) in [6.45, 7) is 0.346. The maximum absolute atomic E-state index is 12.6. The highest BCUT2D eigenvalue weighted by atomic mass is 35.5. The van der Waals surface area contributed by atoms with Gasteiger partial charge in [-0.15, -0.1) is 11.3 Å². The van der Waals surface area contributed by atoms with Gasteiger partial charge in [0.15, 0.2) is 5.82 Å². The number of thiophene rings is 1. The molecular formula is C16H15ClF3N3O3S2. The molecule has 2 aromatic rings. The number of piperidine rings is 1. The lowest BCUT2D eigenvalue weighted by atomic mass is 9.97. The van der Waals surface area contributed by atoms with Crippen LogP contribution in [-0.2, 0) is 21.0 Å². The molecule has 6 nitrogen and oxygen atoms in total. The molecule has 28 heavy (non-hydrogen) atoms. The maximum atomic E-state index is 12.6. The van der Waals surface area contributed by atoms with Crippen LogP contribution >= 0.6 is 22.9 Å². The second-order valence-electron chi connectivity index (χ2n) is 6.15. The normalized spacial score (nSPS) is 16.9. The molecule has 1 aliphatic heterocycles. The fourth-order valence-electron chi connectivity index (χ4n) is 2.80. The fourth-order valence-corrected chi connectivity index (χ4v) is 5.63. The number of carbonyl (C=O) groups is 1. The molecule has 1 N–H and O–H groups in total. The number of hydrogen-bond acceptors (Lipinski definition) is 5. The van der Waals surface area contributed by atoms with Gasteiger partial charge in [-0.3, -0.25) is 4.79 Å². The van der Waals surface area contributed by atoms with Crippen LogP contribution in [0.3, 0.4) is 0 Å². The third-order valence-electron chi connectivity index (χ3n) is 4.32. The van der Waals surface area contributed by atoms with Gasteiger partial charge in [-0.05, 0) is 30.4 Å². The van der Waals surface area contributed by atoms with Gasteiger partial charge in [0.1, 0.15) is 4.21 Å². The number of hydrogen-bond donors (Lipinski definition) is 1. The van der Waals surface area contributed by atoms with E-state index in [-0.39, 0.29) is 41.0 Å². The largest absolute Gasteiger partial charge is 0.417 e. The molecule has 1 amide bonds. The molecule has 1 aliphatic rings. The van der Waals surface area contributed by atoms with Gasteiger partial charge in [0.25, 0.3) is 10.0 Å². The van der Waals surface area contributed by atoms with Gasteiger partial charge >= 0.3 is 6.18 Å². The molecule has 2 aromatic heterocycles. The smallest absolute Gasteiger partial charge is 0.309 e. The highest BCUT2D eigenvalue weighted by Gasteiger charge is 2.34. The molecule has 0 unspecified atom stereocenters. The summed E-state index contributed by atoms with van der Waals surface area (Å²) in [5.41, 5.74) is -1.01. The Morgan fingerprint density at radius 2 is 2.00 bits per heavy atom. The summed E-state index contributed by atoms with van der Waals surface area (Å²) in [4.78, 5) is 16.0. The summed E-state index contributed by atoms with van der Waals surface area (Å²) in [5.74, 6) is -1.11. The van der Waals surface area contributed by atoms with E-state index in [1.54, 1.807) is 11.4 Å². The van der Waals surface area contributed by atoms with Crippen molar-refractivity contribution in [3.05, 3.63) is 40.4 Å². The van der Waals surface area contributed by atoms with Crippen molar-refractivity contribution in [2.45, 2.75) is 23.2 Å². The first-order valence-corrected chi connectivity index (χ1v) is 10.9. The highest BCUT2D eigenvalue weighted by molar-refractivity contribution is 7.91. The molecule has 1 fully saturated rings.